The maximum absolute atomic E-state index is 12.0. The Bertz CT molecular complexity index is 1360. The van der Waals surface area contributed by atoms with Crippen LogP contribution in [0, 0.1) is 20.2 Å². The monoisotopic (exact) mass is 557 g/mol. The minimum Gasteiger partial charge on any atom is -0.493 e. The topological polar surface area (TPSA) is 175 Å². The van der Waals surface area contributed by atoms with E-state index in [4.69, 9.17) is 9.47 Å². The van der Waals surface area contributed by atoms with Crippen molar-refractivity contribution in [3.05, 3.63) is 90.9 Å². The summed E-state index contributed by atoms with van der Waals surface area (Å²) in [5.74, 6) is -1.89. The van der Waals surface area contributed by atoms with Crippen molar-refractivity contribution in [2.24, 2.45) is 5.10 Å². The fraction of sp³-hybridized carbons (Fsp3) is 0.0455. The SMILES string of the molecule is COc1cc(C=NNC(=O)C(=O)Nc2ccc(Br)cc2)ccc1Oc1ccc([N+](=O)[O-])cc1[N+](=O)[O-]. The highest BCUT2D eigenvalue weighted by Gasteiger charge is 2.22. The second kappa shape index (κ2) is 11.5. The largest absolute Gasteiger partial charge is 0.493 e. The van der Waals surface area contributed by atoms with E-state index in [0.29, 0.717) is 11.3 Å². The smallest absolute Gasteiger partial charge is 0.329 e. The minimum absolute atomic E-state index is 0.0875. The van der Waals surface area contributed by atoms with E-state index in [1.807, 2.05) is 0 Å². The number of hydrogen-bond acceptors (Lipinski definition) is 9. The lowest BCUT2D eigenvalue weighted by Crippen LogP contribution is -2.32. The maximum atomic E-state index is 12.0. The Labute approximate surface area is 211 Å². The molecule has 0 spiro atoms. The maximum Gasteiger partial charge on any atom is 0.329 e. The van der Waals surface area contributed by atoms with Gasteiger partial charge in [0.1, 0.15) is 0 Å². The summed E-state index contributed by atoms with van der Waals surface area (Å²) in [6.07, 6.45) is 1.24. The number of anilines is 1. The molecule has 184 valence electrons. The number of amides is 2. The van der Waals surface area contributed by atoms with Crippen LogP contribution < -0.4 is 20.2 Å². The first-order valence-electron chi connectivity index (χ1n) is 9.86. The van der Waals surface area contributed by atoms with Crippen molar-refractivity contribution in [3.63, 3.8) is 0 Å². The van der Waals surface area contributed by atoms with Crippen molar-refractivity contribution >= 4 is 51.0 Å². The molecule has 14 heteroatoms. The Morgan fingerprint density at radius 3 is 2.25 bits per heavy atom. The predicted octanol–water partition coefficient (Wildman–Crippen LogP) is 4.16. The zero-order valence-corrected chi connectivity index (χ0v) is 19.9. The molecule has 36 heavy (non-hydrogen) atoms. The molecule has 0 aliphatic rings. The zero-order valence-electron chi connectivity index (χ0n) is 18.3. The van der Waals surface area contributed by atoms with E-state index in [1.165, 1.54) is 31.5 Å². The third kappa shape index (κ3) is 6.60. The van der Waals surface area contributed by atoms with Crippen molar-refractivity contribution in [3.8, 4) is 17.2 Å². The number of nitrogens with one attached hydrogen (secondary N) is 2. The van der Waals surface area contributed by atoms with E-state index in [1.54, 1.807) is 24.3 Å². The molecule has 0 aliphatic carbocycles. The van der Waals surface area contributed by atoms with Crippen LogP contribution in [0.2, 0.25) is 0 Å². The van der Waals surface area contributed by atoms with Gasteiger partial charge >= 0.3 is 17.5 Å². The summed E-state index contributed by atoms with van der Waals surface area (Å²) in [5.41, 5.74) is 1.90. The van der Waals surface area contributed by atoms with Crippen LogP contribution in [0.4, 0.5) is 17.1 Å². The van der Waals surface area contributed by atoms with Gasteiger partial charge in [-0.2, -0.15) is 5.10 Å². The second-order valence-corrected chi connectivity index (χ2v) is 7.75. The number of nitro groups is 2. The number of hydrazone groups is 1. The third-order valence-corrected chi connectivity index (χ3v) is 4.97. The average Bonchev–Trinajstić information content (AvgIpc) is 2.86. The number of non-ortho nitro benzene ring substituents is 1. The molecular weight excluding hydrogens is 542 g/mol. The molecule has 0 atom stereocenters. The molecular formula is C22H16BrN5O8. The van der Waals surface area contributed by atoms with E-state index >= 15 is 0 Å². The Morgan fingerprint density at radius 1 is 0.917 bits per heavy atom. The molecule has 0 heterocycles. The molecule has 0 bridgehead atoms. The Balaban J connectivity index is 1.69. The number of ether oxygens (including phenoxy) is 2. The van der Waals surface area contributed by atoms with Crippen LogP contribution in [0.1, 0.15) is 5.56 Å². The molecule has 3 aromatic rings. The first-order chi connectivity index (χ1) is 17.2. The summed E-state index contributed by atoms with van der Waals surface area (Å²) in [4.78, 5) is 44.6. The number of hydrogen-bond donors (Lipinski definition) is 2. The molecule has 0 fully saturated rings. The summed E-state index contributed by atoms with van der Waals surface area (Å²) in [7, 11) is 1.33. The third-order valence-electron chi connectivity index (χ3n) is 4.45. The van der Waals surface area contributed by atoms with Crippen LogP contribution in [0.15, 0.2) is 70.2 Å². The molecule has 0 aliphatic heterocycles. The summed E-state index contributed by atoms with van der Waals surface area (Å²) in [6.45, 7) is 0. The van der Waals surface area contributed by atoms with Crippen LogP contribution in [0.3, 0.4) is 0 Å². The van der Waals surface area contributed by atoms with Gasteiger partial charge in [-0.25, -0.2) is 5.43 Å². The predicted molar refractivity (Wildman–Crippen MR) is 131 cm³/mol. The molecule has 0 radical (unpaired) electrons. The van der Waals surface area contributed by atoms with Crippen LogP contribution in [-0.4, -0.2) is 35.0 Å². The Hall–Kier alpha value is -4.85. The molecule has 0 aromatic heterocycles. The van der Waals surface area contributed by atoms with Gasteiger partial charge in [0.15, 0.2) is 11.5 Å². The number of nitrogens with zero attached hydrogens (tertiary/aromatic N) is 3. The zero-order chi connectivity index (χ0) is 26.2. The van der Waals surface area contributed by atoms with Gasteiger partial charge in [0.25, 0.3) is 5.69 Å². The first-order valence-corrected chi connectivity index (χ1v) is 10.7. The number of carbonyl (C=O) groups is 2. The van der Waals surface area contributed by atoms with E-state index in [2.05, 4.69) is 31.8 Å². The number of nitro benzene ring substituents is 2. The standard InChI is InChI=1S/C22H16BrN5O8/c1-35-20-10-13(12-24-26-22(30)21(29)25-15-5-3-14(23)4-6-15)2-8-19(20)36-18-9-7-16(27(31)32)11-17(18)28(33)34/h2-12H,1H3,(H,25,29)(H,26,30). The van der Waals surface area contributed by atoms with Gasteiger partial charge in [0.05, 0.1) is 29.2 Å². The van der Waals surface area contributed by atoms with Gasteiger partial charge in [-0.1, -0.05) is 15.9 Å². The number of methoxy groups -OCH3 is 1. The fourth-order valence-corrected chi connectivity index (χ4v) is 3.02. The lowest BCUT2D eigenvalue weighted by Gasteiger charge is -2.11. The highest BCUT2D eigenvalue weighted by atomic mass is 79.9. The molecule has 13 nitrogen and oxygen atoms in total. The van der Waals surface area contributed by atoms with Gasteiger partial charge in [0, 0.05) is 16.2 Å². The van der Waals surface area contributed by atoms with Gasteiger partial charge in [-0.15, -0.1) is 0 Å². The highest BCUT2D eigenvalue weighted by Crippen LogP contribution is 2.38. The van der Waals surface area contributed by atoms with E-state index in [-0.39, 0.29) is 17.2 Å². The molecule has 2 amide bonds. The van der Waals surface area contributed by atoms with Crippen LogP contribution in [0.25, 0.3) is 0 Å². The summed E-state index contributed by atoms with van der Waals surface area (Å²) >= 11 is 3.27. The van der Waals surface area contributed by atoms with Crippen molar-refractivity contribution < 1.29 is 28.9 Å². The normalized spacial score (nSPS) is 10.5. The Morgan fingerprint density at radius 2 is 1.61 bits per heavy atom. The summed E-state index contributed by atoms with van der Waals surface area (Å²) in [6, 6.07) is 14.0. The first kappa shape index (κ1) is 25.8. The number of halogens is 1. The van der Waals surface area contributed by atoms with Gasteiger partial charge in [0.2, 0.25) is 5.75 Å². The van der Waals surface area contributed by atoms with Crippen molar-refractivity contribution in [1.29, 1.82) is 0 Å². The second-order valence-electron chi connectivity index (χ2n) is 6.84. The lowest BCUT2D eigenvalue weighted by atomic mass is 10.2. The van der Waals surface area contributed by atoms with Crippen molar-refractivity contribution in [1.82, 2.24) is 5.43 Å². The van der Waals surface area contributed by atoms with Crippen LogP contribution >= 0.6 is 15.9 Å². The molecule has 0 saturated heterocycles. The molecule has 2 N–H and O–H groups in total. The van der Waals surface area contributed by atoms with Crippen LogP contribution in [-0.2, 0) is 9.59 Å². The van der Waals surface area contributed by atoms with Crippen LogP contribution in [0.5, 0.6) is 17.2 Å². The fourth-order valence-electron chi connectivity index (χ4n) is 2.75. The van der Waals surface area contributed by atoms with Crippen molar-refractivity contribution in [2.45, 2.75) is 0 Å². The lowest BCUT2D eigenvalue weighted by molar-refractivity contribution is -0.394. The molecule has 0 unspecified atom stereocenters. The number of carbonyl (C=O) groups excluding carboxylic acids is 2. The number of benzene rings is 3. The van der Waals surface area contributed by atoms with Gasteiger partial charge < -0.3 is 14.8 Å². The quantitative estimate of drug-likeness (QED) is 0.179. The average molecular weight is 558 g/mol. The summed E-state index contributed by atoms with van der Waals surface area (Å²) < 4.78 is 11.6. The van der Waals surface area contributed by atoms with Gasteiger partial charge in [-0.3, -0.25) is 29.8 Å². The van der Waals surface area contributed by atoms with E-state index in [0.717, 1.165) is 22.7 Å². The summed E-state index contributed by atoms with van der Waals surface area (Å²) in [5, 5.41) is 28.4. The Kier molecular flexibility index (Phi) is 8.25. The molecule has 0 saturated carbocycles. The minimum atomic E-state index is -0.994. The van der Waals surface area contributed by atoms with Gasteiger partial charge in [-0.05, 0) is 54.1 Å². The number of rotatable bonds is 8. The van der Waals surface area contributed by atoms with E-state index < -0.39 is 33.0 Å². The van der Waals surface area contributed by atoms with Crippen molar-refractivity contribution in [2.75, 3.05) is 12.4 Å². The van der Waals surface area contributed by atoms with E-state index in [9.17, 15) is 29.8 Å². The highest BCUT2D eigenvalue weighted by molar-refractivity contribution is 9.10. The molecule has 3 rings (SSSR count). The molecule has 3 aromatic carbocycles.